The highest BCUT2D eigenvalue weighted by Crippen LogP contribution is 2.32. The number of amides is 1. The molecule has 5 rings (SSSR count). The van der Waals surface area contributed by atoms with Crippen LogP contribution in [0.3, 0.4) is 0 Å². The van der Waals surface area contributed by atoms with Crippen LogP contribution in [0.5, 0.6) is 0 Å². The standard InChI is InChI=1S/C31H27FN8O3/c1-17(19-7-9-22(32)10-8-19)39-31(42)23-11-18(13-33)14-35-29(23)40-25(12-26(41)43-2)21-5-3-20(4-6-21)24-15-36-30-27(24)28(34)37-16-38-30/h3-11,14-17,25H,12H2,1-2H3,(H,35,40)(H,39,42)(H3,34,36,37,38)/t17-,25?/m0/s1. The minimum Gasteiger partial charge on any atom is -0.469 e. The molecule has 0 aliphatic heterocycles. The lowest BCUT2D eigenvalue weighted by Crippen LogP contribution is -2.28. The number of halogens is 1. The zero-order valence-corrected chi connectivity index (χ0v) is 23.3. The summed E-state index contributed by atoms with van der Waals surface area (Å²) >= 11 is 0. The largest absolute Gasteiger partial charge is 0.469 e. The van der Waals surface area contributed by atoms with Gasteiger partial charge in [0.1, 0.15) is 35.5 Å². The molecule has 0 aliphatic rings. The Hall–Kier alpha value is -5.83. The van der Waals surface area contributed by atoms with Crippen molar-refractivity contribution in [1.82, 2.24) is 25.3 Å². The number of nitrogens with one attached hydrogen (secondary N) is 3. The Kier molecular flexibility index (Phi) is 8.25. The SMILES string of the molecule is COC(=O)CC(Nc1ncc(C#N)cc1C(=O)N[C@@H](C)c1ccc(F)cc1)c1ccc(-c2c[nH]c3ncnc(N)c23)cc1. The van der Waals surface area contributed by atoms with Gasteiger partial charge in [-0.25, -0.2) is 19.3 Å². The Morgan fingerprint density at radius 1 is 1.09 bits per heavy atom. The van der Waals surface area contributed by atoms with Crippen LogP contribution in [0.15, 0.2) is 73.3 Å². The zero-order chi connectivity index (χ0) is 30.5. The van der Waals surface area contributed by atoms with E-state index in [1.165, 1.54) is 37.8 Å². The number of carbonyl (C=O) groups is 2. The molecule has 2 atom stereocenters. The molecule has 0 aliphatic carbocycles. The van der Waals surface area contributed by atoms with E-state index in [2.05, 4.69) is 30.6 Å². The second-order valence-corrected chi connectivity index (χ2v) is 9.76. The number of rotatable bonds is 9. The smallest absolute Gasteiger partial charge is 0.307 e. The Balaban J connectivity index is 1.44. The van der Waals surface area contributed by atoms with Gasteiger partial charge in [-0.15, -0.1) is 0 Å². The fourth-order valence-corrected chi connectivity index (χ4v) is 4.70. The summed E-state index contributed by atoms with van der Waals surface area (Å²) < 4.78 is 18.3. The van der Waals surface area contributed by atoms with E-state index in [-0.39, 0.29) is 29.2 Å². The molecule has 0 bridgehead atoms. The van der Waals surface area contributed by atoms with Crippen molar-refractivity contribution < 1.29 is 18.7 Å². The number of nitrogen functional groups attached to an aromatic ring is 1. The quantitative estimate of drug-likeness (QED) is 0.179. The van der Waals surface area contributed by atoms with E-state index >= 15 is 0 Å². The van der Waals surface area contributed by atoms with Gasteiger partial charge in [-0.05, 0) is 41.8 Å². The monoisotopic (exact) mass is 578 g/mol. The number of hydrogen-bond acceptors (Lipinski definition) is 9. The first-order valence-corrected chi connectivity index (χ1v) is 13.2. The number of ether oxygens (including phenoxy) is 1. The first kappa shape index (κ1) is 28.7. The first-order valence-electron chi connectivity index (χ1n) is 13.2. The molecule has 5 N–H and O–H groups in total. The van der Waals surface area contributed by atoms with Gasteiger partial charge in [0.15, 0.2) is 0 Å². The molecular weight excluding hydrogens is 551 g/mol. The van der Waals surface area contributed by atoms with Crippen molar-refractivity contribution in [3.8, 4) is 17.2 Å². The fraction of sp³-hybridized carbons (Fsp3) is 0.161. The molecule has 12 heteroatoms. The highest BCUT2D eigenvalue weighted by Gasteiger charge is 2.23. The minimum atomic E-state index is -0.639. The molecule has 0 spiro atoms. The second-order valence-electron chi connectivity index (χ2n) is 9.76. The van der Waals surface area contributed by atoms with Crippen LogP contribution in [0.4, 0.5) is 16.0 Å². The summed E-state index contributed by atoms with van der Waals surface area (Å²) in [6.07, 6.45) is 4.45. The maximum absolute atomic E-state index is 13.4. The average Bonchev–Trinajstić information content (AvgIpc) is 3.46. The third kappa shape index (κ3) is 6.25. The number of hydrogen-bond donors (Lipinski definition) is 4. The van der Waals surface area contributed by atoms with E-state index in [1.807, 2.05) is 30.3 Å². The van der Waals surface area contributed by atoms with Crippen LogP contribution in [0.25, 0.3) is 22.2 Å². The number of carbonyl (C=O) groups excluding carboxylic acids is 2. The molecule has 1 unspecified atom stereocenters. The molecule has 1 amide bonds. The maximum atomic E-state index is 13.4. The van der Waals surface area contributed by atoms with Gasteiger partial charge in [0, 0.05) is 18.0 Å². The van der Waals surface area contributed by atoms with Crippen LogP contribution in [0.2, 0.25) is 0 Å². The number of H-pyrrole nitrogens is 1. The van der Waals surface area contributed by atoms with Crippen LogP contribution >= 0.6 is 0 Å². The number of anilines is 2. The number of methoxy groups -OCH3 is 1. The Morgan fingerprint density at radius 3 is 2.51 bits per heavy atom. The summed E-state index contributed by atoms with van der Waals surface area (Å²) in [7, 11) is 1.29. The molecule has 0 saturated carbocycles. The number of aromatic amines is 1. The molecule has 0 saturated heterocycles. The Morgan fingerprint density at radius 2 is 1.81 bits per heavy atom. The molecule has 3 heterocycles. The Bertz CT molecular complexity index is 1830. The minimum absolute atomic E-state index is 0.0710. The molecule has 43 heavy (non-hydrogen) atoms. The third-order valence-electron chi connectivity index (χ3n) is 7.01. The fourth-order valence-electron chi connectivity index (χ4n) is 4.70. The van der Waals surface area contributed by atoms with Crippen molar-refractivity contribution in [3.63, 3.8) is 0 Å². The molecule has 3 aromatic heterocycles. The van der Waals surface area contributed by atoms with E-state index in [4.69, 9.17) is 10.5 Å². The molecular formula is C31H27FN8O3. The number of nitrogens with two attached hydrogens (primary N) is 1. The van der Waals surface area contributed by atoms with Crippen molar-refractivity contribution in [3.05, 3.63) is 101 Å². The van der Waals surface area contributed by atoms with Gasteiger partial charge >= 0.3 is 5.97 Å². The van der Waals surface area contributed by atoms with Crippen molar-refractivity contribution in [1.29, 1.82) is 5.26 Å². The topological polar surface area (TPSA) is 172 Å². The van der Waals surface area contributed by atoms with E-state index in [9.17, 15) is 19.2 Å². The van der Waals surface area contributed by atoms with Crippen molar-refractivity contribution in [2.75, 3.05) is 18.2 Å². The molecule has 0 fully saturated rings. The highest BCUT2D eigenvalue weighted by molar-refractivity contribution is 6.00. The number of esters is 1. The van der Waals surface area contributed by atoms with E-state index < -0.39 is 24.0 Å². The van der Waals surface area contributed by atoms with E-state index in [0.717, 1.165) is 16.7 Å². The van der Waals surface area contributed by atoms with Crippen molar-refractivity contribution >= 4 is 34.5 Å². The van der Waals surface area contributed by atoms with E-state index in [0.29, 0.717) is 22.4 Å². The van der Waals surface area contributed by atoms with Gasteiger partial charge in [-0.1, -0.05) is 36.4 Å². The summed E-state index contributed by atoms with van der Waals surface area (Å²) in [6, 6.07) is 15.5. The van der Waals surface area contributed by atoms with Crippen LogP contribution in [-0.2, 0) is 9.53 Å². The lowest BCUT2D eigenvalue weighted by atomic mass is 9.98. The zero-order valence-electron chi connectivity index (χ0n) is 23.3. The van der Waals surface area contributed by atoms with Crippen LogP contribution in [0, 0.1) is 17.1 Å². The number of benzene rings is 2. The van der Waals surface area contributed by atoms with Gasteiger partial charge < -0.3 is 26.1 Å². The summed E-state index contributed by atoms with van der Waals surface area (Å²) in [5.41, 5.74) is 10.1. The van der Waals surface area contributed by atoms with Gasteiger partial charge in [0.25, 0.3) is 5.91 Å². The predicted molar refractivity (Wildman–Crippen MR) is 158 cm³/mol. The van der Waals surface area contributed by atoms with E-state index in [1.54, 1.807) is 25.3 Å². The number of nitriles is 1. The summed E-state index contributed by atoms with van der Waals surface area (Å²) in [5, 5.41) is 16.2. The maximum Gasteiger partial charge on any atom is 0.307 e. The first-order chi connectivity index (χ1) is 20.8. The van der Waals surface area contributed by atoms with Crippen LogP contribution in [0.1, 0.15) is 52.5 Å². The lowest BCUT2D eigenvalue weighted by molar-refractivity contribution is -0.140. The Labute approximate surface area is 246 Å². The number of nitrogens with zero attached hydrogens (tertiary/aromatic N) is 4. The molecule has 11 nitrogen and oxygen atoms in total. The molecule has 216 valence electrons. The number of pyridine rings is 1. The van der Waals surface area contributed by atoms with Gasteiger partial charge in [0.05, 0.1) is 42.1 Å². The third-order valence-corrected chi connectivity index (χ3v) is 7.01. The van der Waals surface area contributed by atoms with Crippen LogP contribution in [-0.4, -0.2) is 38.9 Å². The predicted octanol–water partition coefficient (Wildman–Crippen LogP) is 4.82. The second kappa shape index (κ2) is 12.4. The summed E-state index contributed by atoms with van der Waals surface area (Å²) in [6.45, 7) is 1.76. The summed E-state index contributed by atoms with van der Waals surface area (Å²) in [5.74, 6) is -0.851. The van der Waals surface area contributed by atoms with Crippen LogP contribution < -0.4 is 16.4 Å². The molecule has 5 aromatic rings. The van der Waals surface area contributed by atoms with Gasteiger partial charge in [-0.3, -0.25) is 9.59 Å². The lowest BCUT2D eigenvalue weighted by Gasteiger charge is -2.22. The average molecular weight is 579 g/mol. The number of aromatic nitrogens is 4. The van der Waals surface area contributed by atoms with Crippen molar-refractivity contribution in [2.45, 2.75) is 25.4 Å². The molecule has 0 radical (unpaired) electrons. The molecule has 2 aromatic carbocycles. The van der Waals surface area contributed by atoms with Crippen molar-refractivity contribution in [2.24, 2.45) is 0 Å². The summed E-state index contributed by atoms with van der Waals surface area (Å²) in [4.78, 5) is 41.5. The van der Waals surface area contributed by atoms with Gasteiger partial charge in [-0.2, -0.15) is 5.26 Å². The number of fused-ring (bicyclic) bond motifs is 1. The van der Waals surface area contributed by atoms with Gasteiger partial charge in [0.2, 0.25) is 0 Å². The highest BCUT2D eigenvalue weighted by atomic mass is 19.1. The normalized spacial score (nSPS) is 12.2.